The summed E-state index contributed by atoms with van der Waals surface area (Å²) < 4.78 is 4.25. The maximum absolute atomic E-state index is 4.25. The molecule has 0 atom stereocenters. The van der Waals surface area contributed by atoms with Crippen LogP contribution in [0.4, 0.5) is 0 Å². The van der Waals surface area contributed by atoms with Gasteiger partial charge in [-0.3, -0.25) is 0 Å². The quantitative estimate of drug-likeness (QED) is 0.584. The predicted molar refractivity (Wildman–Crippen MR) is 33.6 cm³/mol. The third-order valence-electron chi connectivity index (χ3n) is 0. The molecule has 0 fully saturated rings. The Kier molecular flexibility index (Phi) is 68.9. The van der Waals surface area contributed by atoms with Crippen molar-refractivity contribution in [2.75, 3.05) is 14.2 Å². The van der Waals surface area contributed by atoms with Crippen LogP contribution < -0.4 is 0 Å². The average Bonchev–Trinajstić information content (AvgIpc) is 0.918. The second kappa shape index (κ2) is 20.5. The highest BCUT2D eigenvalue weighted by Gasteiger charge is 1.25. The fraction of sp³-hybridized carbons (Fsp3) is 1.00. The zero-order valence-corrected chi connectivity index (χ0v) is 6.65. The molecule has 0 saturated heterocycles. The Balaban J connectivity index is -0.0000000200. The smallest absolute Gasteiger partial charge is 0.0351 e. The molecule has 0 heterocycles. The van der Waals surface area contributed by atoms with E-state index in [-0.39, 0.29) is 34.0 Å². The Morgan fingerprint density at radius 1 is 1.00 bits per heavy atom. The molecule has 0 aromatic carbocycles. The normalized spacial score (nSPS) is 3.60. The fourth-order valence-corrected chi connectivity index (χ4v) is 0. The molecule has 0 N–H and O–H groups in total. The largest absolute Gasteiger partial charge is 0.388 e. The summed E-state index contributed by atoms with van der Waals surface area (Å²) in [7, 11) is 3.25. The zero-order chi connectivity index (χ0) is 2.71. The van der Waals surface area contributed by atoms with Gasteiger partial charge in [0.15, 0.2) is 0 Å². The van der Waals surface area contributed by atoms with Gasteiger partial charge in [0.1, 0.15) is 0 Å². The van der Waals surface area contributed by atoms with Crippen molar-refractivity contribution >= 4 is 34.0 Å². The predicted octanol–water partition coefficient (Wildman–Crippen LogP) is 1.42. The molecule has 0 unspecified atom stereocenters. The number of halogens is 2. The number of ether oxygens (including phenoxy) is 1. The van der Waals surface area contributed by atoms with Gasteiger partial charge < -0.3 is 4.74 Å². The summed E-state index contributed by atoms with van der Waals surface area (Å²) in [6, 6.07) is 0. The number of hydrogen-bond acceptors (Lipinski definition) is 1. The first-order valence-corrected chi connectivity index (χ1v) is 0.816. The maximum Gasteiger partial charge on any atom is 0.0351 e. The molecular formula is C2H8Br2O. The van der Waals surface area contributed by atoms with Crippen molar-refractivity contribution in [1.82, 2.24) is 0 Å². The van der Waals surface area contributed by atoms with E-state index in [2.05, 4.69) is 4.74 Å². The van der Waals surface area contributed by atoms with Crippen molar-refractivity contribution in [3.05, 3.63) is 0 Å². The van der Waals surface area contributed by atoms with Gasteiger partial charge in [0.25, 0.3) is 0 Å². The van der Waals surface area contributed by atoms with E-state index < -0.39 is 0 Å². The van der Waals surface area contributed by atoms with E-state index in [0.717, 1.165) is 0 Å². The first kappa shape index (κ1) is 16.8. The average molecular weight is 208 g/mol. The van der Waals surface area contributed by atoms with Crippen molar-refractivity contribution in [2.45, 2.75) is 0 Å². The van der Waals surface area contributed by atoms with Crippen molar-refractivity contribution in [3.8, 4) is 0 Å². The van der Waals surface area contributed by atoms with Crippen LogP contribution in [0.2, 0.25) is 0 Å². The Morgan fingerprint density at radius 2 is 1.00 bits per heavy atom. The fourth-order valence-electron chi connectivity index (χ4n) is 0. The number of rotatable bonds is 0. The second-order valence-electron chi connectivity index (χ2n) is 0.408. The minimum atomic E-state index is 0. The topological polar surface area (TPSA) is 9.23 Å². The molecule has 0 aromatic heterocycles. The number of methoxy groups -OCH3 is 1. The summed E-state index contributed by atoms with van der Waals surface area (Å²) in [6.07, 6.45) is 0. The molecule has 5 heavy (non-hydrogen) atoms. The molecule has 36 valence electrons. The highest BCUT2D eigenvalue weighted by molar-refractivity contribution is 8.93. The standard InChI is InChI=1S/C2H6O.2BrH/c1-3-2;;/h1-2H3;2*1H. The van der Waals surface area contributed by atoms with Gasteiger partial charge in [0.05, 0.1) is 0 Å². The van der Waals surface area contributed by atoms with Crippen LogP contribution in [0.1, 0.15) is 0 Å². The van der Waals surface area contributed by atoms with Gasteiger partial charge >= 0.3 is 0 Å². The molecule has 0 aliphatic heterocycles. The maximum atomic E-state index is 4.25. The van der Waals surface area contributed by atoms with Gasteiger partial charge in [0.2, 0.25) is 0 Å². The Labute approximate surface area is 53.2 Å². The molecular weight excluding hydrogens is 200 g/mol. The Hall–Kier alpha value is 0.920. The van der Waals surface area contributed by atoms with E-state index in [1.165, 1.54) is 0 Å². The third kappa shape index (κ3) is 49.6. The van der Waals surface area contributed by atoms with Crippen molar-refractivity contribution in [3.63, 3.8) is 0 Å². The van der Waals surface area contributed by atoms with Crippen molar-refractivity contribution in [2.24, 2.45) is 0 Å². The molecule has 1 nitrogen and oxygen atoms in total. The Morgan fingerprint density at radius 3 is 1.00 bits per heavy atom. The van der Waals surface area contributed by atoms with Crippen LogP contribution in [0.3, 0.4) is 0 Å². The molecule has 0 rings (SSSR count). The van der Waals surface area contributed by atoms with Crippen LogP contribution in [-0.4, -0.2) is 14.2 Å². The summed E-state index contributed by atoms with van der Waals surface area (Å²) in [6.45, 7) is 0. The van der Waals surface area contributed by atoms with Crippen LogP contribution in [0.25, 0.3) is 0 Å². The van der Waals surface area contributed by atoms with E-state index in [0.29, 0.717) is 0 Å². The monoisotopic (exact) mass is 206 g/mol. The van der Waals surface area contributed by atoms with Crippen molar-refractivity contribution < 1.29 is 4.74 Å². The highest BCUT2D eigenvalue weighted by atomic mass is 79.9. The number of hydrogen-bond donors (Lipinski definition) is 0. The summed E-state index contributed by atoms with van der Waals surface area (Å²) in [5.41, 5.74) is 0. The lowest BCUT2D eigenvalue weighted by molar-refractivity contribution is 0.277. The van der Waals surface area contributed by atoms with Crippen LogP contribution >= 0.6 is 34.0 Å². The molecule has 0 aliphatic rings. The van der Waals surface area contributed by atoms with E-state index in [9.17, 15) is 0 Å². The zero-order valence-electron chi connectivity index (χ0n) is 3.22. The van der Waals surface area contributed by atoms with E-state index in [1.54, 1.807) is 14.2 Å². The second-order valence-corrected chi connectivity index (χ2v) is 0.408. The van der Waals surface area contributed by atoms with Gasteiger partial charge in [-0.2, -0.15) is 0 Å². The van der Waals surface area contributed by atoms with Gasteiger partial charge in [-0.15, -0.1) is 34.0 Å². The van der Waals surface area contributed by atoms with E-state index in [1.807, 2.05) is 0 Å². The van der Waals surface area contributed by atoms with E-state index >= 15 is 0 Å². The summed E-state index contributed by atoms with van der Waals surface area (Å²) >= 11 is 0. The molecule has 0 radical (unpaired) electrons. The summed E-state index contributed by atoms with van der Waals surface area (Å²) in [5, 5.41) is 0. The summed E-state index contributed by atoms with van der Waals surface area (Å²) in [5.74, 6) is 0. The van der Waals surface area contributed by atoms with Crippen molar-refractivity contribution in [1.29, 1.82) is 0 Å². The third-order valence-corrected chi connectivity index (χ3v) is 0. The van der Waals surface area contributed by atoms with E-state index in [4.69, 9.17) is 0 Å². The molecule has 3 heteroatoms. The van der Waals surface area contributed by atoms with Crippen LogP contribution in [0.5, 0.6) is 0 Å². The SMILES string of the molecule is Br.Br.COC. The van der Waals surface area contributed by atoms with Gasteiger partial charge in [0, 0.05) is 14.2 Å². The molecule has 0 amide bonds. The lowest BCUT2D eigenvalue weighted by atomic mass is 11.6. The molecule has 0 bridgehead atoms. The lowest BCUT2D eigenvalue weighted by Gasteiger charge is -1.61. The van der Waals surface area contributed by atoms with Crippen LogP contribution in [0.15, 0.2) is 0 Å². The minimum absolute atomic E-state index is 0. The van der Waals surface area contributed by atoms with Gasteiger partial charge in [-0.25, -0.2) is 0 Å². The molecule has 0 spiro atoms. The van der Waals surface area contributed by atoms with Crippen LogP contribution in [0, 0.1) is 0 Å². The highest BCUT2D eigenvalue weighted by Crippen LogP contribution is 1.28. The first-order valence-electron chi connectivity index (χ1n) is 0.816. The molecule has 0 aromatic rings. The minimum Gasteiger partial charge on any atom is -0.388 e. The van der Waals surface area contributed by atoms with Gasteiger partial charge in [-0.1, -0.05) is 0 Å². The Bertz CT molecular complexity index is 7.61. The molecule has 0 saturated carbocycles. The van der Waals surface area contributed by atoms with Crippen LogP contribution in [-0.2, 0) is 4.74 Å². The first-order chi connectivity index (χ1) is 1.41. The molecule has 0 aliphatic carbocycles. The summed E-state index contributed by atoms with van der Waals surface area (Å²) in [4.78, 5) is 0. The van der Waals surface area contributed by atoms with Gasteiger partial charge in [-0.05, 0) is 0 Å². The lowest BCUT2D eigenvalue weighted by Crippen LogP contribution is -1.55.